The fourth-order valence-electron chi connectivity index (χ4n) is 3.81. The lowest BCUT2D eigenvalue weighted by Crippen LogP contribution is -2.36. The molecule has 3 heterocycles. The number of carbonyl (C=O) groups is 2. The summed E-state index contributed by atoms with van der Waals surface area (Å²) in [6.07, 6.45) is 3.12. The molecule has 10 heteroatoms. The van der Waals surface area contributed by atoms with E-state index >= 15 is 0 Å². The van der Waals surface area contributed by atoms with Crippen LogP contribution in [0.5, 0.6) is 11.5 Å². The molecule has 0 unspecified atom stereocenters. The Hall–Kier alpha value is -4.05. The number of hydrogen-bond acceptors (Lipinski definition) is 7. The average molecular weight is 463 g/mol. The zero-order valence-corrected chi connectivity index (χ0v) is 18.5. The van der Waals surface area contributed by atoms with Crippen molar-refractivity contribution >= 4 is 23.2 Å². The van der Waals surface area contributed by atoms with Crippen molar-refractivity contribution in [1.82, 2.24) is 15.1 Å². The number of nitrogens with one attached hydrogen (secondary N) is 2. The molecular formula is C24H25N5O5. The molecule has 1 aromatic heterocycles. The van der Waals surface area contributed by atoms with Crippen molar-refractivity contribution in [1.29, 1.82) is 0 Å². The van der Waals surface area contributed by atoms with E-state index in [4.69, 9.17) is 14.2 Å². The predicted molar refractivity (Wildman–Crippen MR) is 124 cm³/mol. The summed E-state index contributed by atoms with van der Waals surface area (Å²) >= 11 is 0. The summed E-state index contributed by atoms with van der Waals surface area (Å²) in [6, 6.07) is 13.1. The average Bonchev–Trinajstić information content (AvgIpc) is 3.52. The predicted octanol–water partition coefficient (Wildman–Crippen LogP) is 2.02. The SMILES string of the molecule is O=C(Cn1cc(NC(=O)c2ccc3c(c2)OCO3)cn1)NCc1ccc(N2CCOCC2)cc1. The second-order valence-electron chi connectivity index (χ2n) is 7.99. The topological polar surface area (TPSA) is 107 Å². The molecule has 1 saturated heterocycles. The van der Waals surface area contributed by atoms with Gasteiger partial charge in [0.25, 0.3) is 5.91 Å². The fourth-order valence-corrected chi connectivity index (χ4v) is 3.81. The van der Waals surface area contributed by atoms with E-state index in [0.717, 1.165) is 37.6 Å². The van der Waals surface area contributed by atoms with Crippen molar-refractivity contribution in [3.05, 3.63) is 66.0 Å². The van der Waals surface area contributed by atoms with E-state index in [1.54, 1.807) is 24.4 Å². The molecule has 176 valence electrons. The van der Waals surface area contributed by atoms with Crippen molar-refractivity contribution in [2.75, 3.05) is 43.3 Å². The molecule has 0 atom stereocenters. The van der Waals surface area contributed by atoms with Gasteiger partial charge in [-0.25, -0.2) is 0 Å². The smallest absolute Gasteiger partial charge is 0.255 e. The van der Waals surface area contributed by atoms with Gasteiger partial charge in [0.05, 0.1) is 25.1 Å². The minimum Gasteiger partial charge on any atom is -0.454 e. The molecule has 2 aliphatic heterocycles. The molecular weight excluding hydrogens is 438 g/mol. The number of carbonyl (C=O) groups excluding carboxylic acids is 2. The molecule has 10 nitrogen and oxygen atoms in total. The monoisotopic (exact) mass is 463 g/mol. The first kappa shape index (κ1) is 21.8. The van der Waals surface area contributed by atoms with Gasteiger partial charge in [0.2, 0.25) is 12.7 Å². The highest BCUT2D eigenvalue weighted by Gasteiger charge is 2.17. The number of anilines is 2. The Morgan fingerprint density at radius 2 is 1.79 bits per heavy atom. The lowest BCUT2D eigenvalue weighted by molar-refractivity contribution is -0.122. The highest BCUT2D eigenvalue weighted by atomic mass is 16.7. The highest BCUT2D eigenvalue weighted by Crippen LogP contribution is 2.32. The molecule has 1 fully saturated rings. The number of nitrogens with zero attached hydrogens (tertiary/aromatic N) is 3. The quantitative estimate of drug-likeness (QED) is 0.552. The molecule has 2 aromatic carbocycles. The molecule has 3 aromatic rings. The van der Waals surface area contributed by atoms with E-state index in [2.05, 4.69) is 32.8 Å². The number of hydrogen-bond donors (Lipinski definition) is 2. The fraction of sp³-hybridized carbons (Fsp3) is 0.292. The highest BCUT2D eigenvalue weighted by molar-refractivity contribution is 6.04. The van der Waals surface area contributed by atoms with Crippen LogP contribution in [0.1, 0.15) is 15.9 Å². The number of fused-ring (bicyclic) bond motifs is 1. The summed E-state index contributed by atoms with van der Waals surface area (Å²) in [5, 5.41) is 9.83. The van der Waals surface area contributed by atoms with Crippen LogP contribution in [0, 0.1) is 0 Å². The molecule has 2 N–H and O–H groups in total. The Balaban J connectivity index is 1.10. The number of rotatable bonds is 7. The van der Waals surface area contributed by atoms with Crippen LogP contribution in [0.3, 0.4) is 0 Å². The number of amides is 2. The van der Waals surface area contributed by atoms with Crippen molar-refractivity contribution in [2.45, 2.75) is 13.1 Å². The maximum Gasteiger partial charge on any atom is 0.255 e. The van der Waals surface area contributed by atoms with Gasteiger partial charge < -0.3 is 29.7 Å². The molecule has 34 heavy (non-hydrogen) atoms. The summed E-state index contributed by atoms with van der Waals surface area (Å²) in [7, 11) is 0. The Labute approximate surface area is 196 Å². The summed E-state index contributed by atoms with van der Waals surface area (Å²) in [6.45, 7) is 3.89. The number of aromatic nitrogens is 2. The van der Waals surface area contributed by atoms with Crippen LogP contribution in [0.2, 0.25) is 0 Å². The molecule has 2 amide bonds. The molecule has 0 spiro atoms. The lowest BCUT2D eigenvalue weighted by atomic mass is 10.2. The van der Waals surface area contributed by atoms with E-state index < -0.39 is 0 Å². The van der Waals surface area contributed by atoms with Crippen molar-refractivity contribution in [3.63, 3.8) is 0 Å². The van der Waals surface area contributed by atoms with Crippen LogP contribution < -0.4 is 25.0 Å². The minimum atomic E-state index is -0.303. The standard InChI is InChI=1S/C24H25N5O5/c30-23(25-12-17-1-4-20(5-2-17)28-7-9-32-10-8-28)15-29-14-19(13-26-29)27-24(31)18-3-6-21-22(11-18)34-16-33-21/h1-6,11,13-14H,7-10,12,15-16H2,(H,25,30)(H,27,31). The summed E-state index contributed by atoms with van der Waals surface area (Å²) < 4.78 is 17.4. The van der Waals surface area contributed by atoms with Gasteiger partial charge in [-0.15, -0.1) is 0 Å². The van der Waals surface area contributed by atoms with Crippen LogP contribution in [0.15, 0.2) is 54.9 Å². The van der Waals surface area contributed by atoms with Gasteiger partial charge in [-0.2, -0.15) is 5.10 Å². The Morgan fingerprint density at radius 3 is 2.62 bits per heavy atom. The van der Waals surface area contributed by atoms with Gasteiger partial charge in [0.15, 0.2) is 11.5 Å². The largest absolute Gasteiger partial charge is 0.454 e. The number of benzene rings is 2. The first-order valence-corrected chi connectivity index (χ1v) is 11.1. The van der Waals surface area contributed by atoms with Gasteiger partial charge in [-0.05, 0) is 35.9 Å². The lowest BCUT2D eigenvalue weighted by Gasteiger charge is -2.28. The normalized spacial score (nSPS) is 14.6. The van der Waals surface area contributed by atoms with E-state index in [1.807, 2.05) is 12.1 Å². The first-order chi connectivity index (χ1) is 16.6. The molecule has 5 rings (SSSR count). The van der Waals surface area contributed by atoms with E-state index in [1.165, 1.54) is 10.9 Å². The summed E-state index contributed by atoms with van der Waals surface area (Å²) in [5.74, 6) is 0.677. The number of morpholine rings is 1. The maximum atomic E-state index is 12.5. The molecule has 2 aliphatic rings. The first-order valence-electron chi connectivity index (χ1n) is 11.1. The van der Waals surface area contributed by atoms with Crippen molar-refractivity contribution in [2.24, 2.45) is 0 Å². The second-order valence-corrected chi connectivity index (χ2v) is 7.99. The van der Waals surface area contributed by atoms with Crippen LogP contribution >= 0.6 is 0 Å². The zero-order valence-electron chi connectivity index (χ0n) is 18.5. The van der Waals surface area contributed by atoms with E-state index in [-0.39, 0.29) is 25.2 Å². The summed E-state index contributed by atoms with van der Waals surface area (Å²) in [5.41, 5.74) is 3.11. The Bertz CT molecular complexity index is 1170. The van der Waals surface area contributed by atoms with Crippen molar-refractivity contribution in [3.8, 4) is 11.5 Å². The molecule has 0 aliphatic carbocycles. The van der Waals surface area contributed by atoms with Gasteiger partial charge in [0.1, 0.15) is 6.54 Å². The van der Waals surface area contributed by atoms with Crippen LogP contribution in [-0.2, 0) is 22.6 Å². The van der Waals surface area contributed by atoms with Gasteiger partial charge in [-0.3, -0.25) is 14.3 Å². The molecule has 0 radical (unpaired) electrons. The third kappa shape index (κ3) is 5.12. The third-order valence-corrected chi connectivity index (χ3v) is 5.63. The molecule has 0 bridgehead atoms. The van der Waals surface area contributed by atoms with Crippen LogP contribution in [0.25, 0.3) is 0 Å². The Morgan fingerprint density at radius 1 is 1.00 bits per heavy atom. The third-order valence-electron chi connectivity index (χ3n) is 5.63. The maximum absolute atomic E-state index is 12.5. The number of ether oxygens (including phenoxy) is 3. The Kier molecular flexibility index (Phi) is 6.30. The second kappa shape index (κ2) is 9.84. The van der Waals surface area contributed by atoms with Gasteiger partial charge in [-0.1, -0.05) is 12.1 Å². The minimum absolute atomic E-state index is 0.0474. The van der Waals surface area contributed by atoms with Crippen molar-refractivity contribution < 1.29 is 23.8 Å². The van der Waals surface area contributed by atoms with Gasteiger partial charge in [0, 0.05) is 37.1 Å². The van der Waals surface area contributed by atoms with E-state index in [0.29, 0.717) is 29.3 Å². The van der Waals surface area contributed by atoms with Crippen LogP contribution in [-0.4, -0.2) is 54.7 Å². The summed E-state index contributed by atoms with van der Waals surface area (Å²) in [4.78, 5) is 27.1. The molecule has 0 saturated carbocycles. The van der Waals surface area contributed by atoms with Gasteiger partial charge >= 0.3 is 0 Å². The zero-order chi connectivity index (χ0) is 23.3. The van der Waals surface area contributed by atoms with E-state index in [9.17, 15) is 9.59 Å². The van der Waals surface area contributed by atoms with Crippen LogP contribution in [0.4, 0.5) is 11.4 Å².